The largest absolute Gasteiger partial charge is 0.397 e. The van der Waals surface area contributed by atoms with E-state index in [1.165, 1.54) is 0 Å². The van der Waals surface area contributed by atoms with E-state index in [-0.39, 0.29) is 0 Å². The van der Waals surface area contributed by atoms with Gasteiger partial charge >= 0.3 is 0 Å². The molecule has 0 amide bonds. The van der Waals surface area contributed by atoms with E-state index >= 15 is 0 Å². The molecule has 0 atom stereocenters. The van der Waals surface area contributed by atoms with Gasteiger partial charge in [-0.2, -0.15) is 0 Å². The van der Waals surface area contributed by atoms with E-state index in [2.05, 4.69) is 54.5 Å². The van der Waals surface area contributed by atoms with Crippen molar-refractivity contribution >= 4 is 60.1 Å². The summed E-state index contributed by atoms with van der Waals surface area (Å²) in [6, 6.07) is 3.92. The van der Waals surface area contributed by atoms with Crippen molar-refractivity contribution in [3.63, 3.8) is 0 Å². The van der Waals surface area contributed by atoms with Crippen molar-refractivity contribution in [3.05, 3.63) is 24.6 Å². The minimum atomic E-state index is 0.787. The normalized spacial score (nSPS) is 9.90. The molecule has 4 heteroatoms. The van der Waals surface area contributed by atoms with Gasteiger partial charge in [0.15, 0.2) is 0 Å². The third-order valence-corrected chi connectivity index (χ3v) is 4.07. The summed E-state index contributed by atoms with van der Waals surface area (Å²) in [5.74, 6) is 0. The fourth-order valence-electron chi connectivity index (χ4n) is 0.543. The Bertz CT molecular complexity index is 235. The molecule has 10 heavy (non-hydrogen) atoms. The summed E-state index contributed by atoms with van der Waals surface area (Å²) in [7, 11) is 0. The van der Waals surface area contributed by atoms with Crippen LogP contribution in [0, 0.1) is 3.57 Å². The molecule has 1 aromatic carbocycles. The maximum absolute atomic E-state index is 5.70. The molecule has 0 aliphatic rings. The molecular weight excluding hydrogens is 373 g/mol. The molecule has 1 aromatic rings. The maximum atomic E-state index is 5.70. The topological polar surface area (TPSA) is 26.0 Å². The second-order valence-corrected chi connectivity index (χ2v) is 4.57. The second kappa shape index (κ2) is 3.40. The van der Waals surface area contributed by atoms with Gasteiger partial charge in [0.1, 0.15) is 0 Å². The quantitative estimate of drug-likeness (QED) is 0.419. The lowest BCUT2D eigenvalue weighted by atomic mass is 10.3. The van der Waals surface area contributed by atoms with Gasteiger partial charge in [0.05, 0.1) is 10.2 Å². The van der Waals surface area contributed by atoms with Gasteiger partial charge in [-0.05, 0) is 66.6 Å². The van der Waals surface area contributed by atoms with Crippen molar-refractivity contribution in [3.8, 4) is 0 Å². The zero-order valence-electron chi connectivity index (χ0n) is 4.87. The summed E-state index contributed by atoms with van der Waals surface area (Å²) >= 11 is 8.89. The van der Waals surface area contributed by atoms with Gasteiger partial charge in [-0.1, -0.05) is 0 Å². The van der Waals surface area contributed by atoms with Gasteiger partial charge in [0, 0.05) is 8.04 Å². The van der Waals surface area contributed by atoms with Gasteiger partial charge in [-0.25, -0.2) is 0 Å². The molecule has 0 fully saturated rings. The van der Waals surface area contributed by atoms with Crippen LogP contribution in [0.3, 0.4) is 0 Å². The van der Waals surface area contributed by atoms with E-state index in [0.717, 1.165) is 18.2 Å². The van der Waals surface area contributed by atoms with Crippen molar-refractivity contribution in [2.75, 3.05) is 5.73 Å². The van der Waals surface area contributed by atoms with Crippen LogP contribution in [0.25, 0.3) is 0 Å². The lowest BCUT2D eigenvalue weighted by Crippen LogP contribution is -1.90. The standard InChI is InChI=1S/C6H4Br2IN/c7-3-1-2-4(9)6(10)5(3)8/h1-2H,10H2. The molecule has 54 valence electrons. The van der Waals surface area contributed by atoms with Crippen LogP contribution < -0.4 is 5.73 Å². The highest BCUT2D eigenvalue weighted by molar-refractivity contribution is 14.1. The van der Waals surface area contributed by atoms with Crippen LogP contribution >= 0.6 is 54.5 Å². The molecule has 0 heterocycles. The Labute approximate surface area is 89.8 Å². The summed E-state index contributed by atoms with van der Waals surface area (Å²) in [6.45, 7) is 0. The van der Waals surface area contributed by atoms with Crippen molar-refractivity contribution in [2.45, 2.75) is 0 Å². The Hall–Kier alpha value is 0.710. The molecule has 0 saturated heterocycles. The Balaban J connectivity index is 3.34. The first-order valence-corrected chi connectivity index (χ1v) is 5.18. The summed E-state index contributed by atoms with van der Waals surface area (Å²) in [4.78, 5) is 0. The number of halogens is 3. The third-order valence-electron chi connectivity index (χ3n) is 1.08. The third kappa shape index (κ3) is 1.65. The predicted octanol–water partition coefficient (Wildman–Crippen LogP) is 3.40. The van der Waals surface area contributed by atoms with Gasteiger partial charge in [-0.15, -0.1) is 0 Å². The van der Waals surface area contributed by atoms with Crippen LogP contribution in [0.1, 0.15) is 0 Å². The molecular formula is C6H4Br2IN. The molecule has 0 spiro atoms. The molecule has 0 aliphatic heterocycles. The molecule has 0 aliphatic carbocycles. The van der Waals surface area contributed by atoms with E-state index in [9.17, 15) is 0 Å². The number of benzene rings is 1. The minimum Gasteiger partial charge on any atom is -0.397 e. The van der Waals surface area contributed by atoms with E-state index in [4.69, 9.17) is 5.73 Å². The average Bonchev–Trinajstić information content (AvgIpc) is 1.93. The van der Waals surface area contributed by atoms with Gasteiger partial charge < -0.3 is 5.73 Å². The zero-order valence-corrected chi connectivity index (χ0v) is 10.2. The number of anilines is 1. The zero-order chi connectivity index (χ0) is 7.72. The Kier molecular flexibility index (Phi) is 3.00. The number of hydrogen-bond acceptors (Lipinski definition) is 1. The van der Waals surface area contributed by atoms with Gasteiger partial charge in [0.2, 0.25) is 0 Å². The highest BCUT2D eigenvalue weighted by atomic mass is 127. The smallest absolute Gasteiger partial charge is 0.0605 e. The van der Waals surface area contributed by atoms with Gasteiger partial charge in [-0.3, -0.25) is 0 Å². The molecule has 0 bridgehead atoms. The fraction of sp³-hybridized carbons (Fsp3) is 0. The monoisotopic (exact) mass is 375 g/mol. The summed E-state index contributed by atoms with van der Waals surface area (Å²) in [5, 5.41) is 0. The highest BCUT2D eigenvalue weighted by Gasteiger charge is 2.02. The summed E-state index contributed by atoms with van der Waals surface area (Å²) < 4.78 is 2.98. The first-order chi connectivity index (χ1) is 4.63. The number of rotatable bonds is 0. The van der Waals surface area contributed by atoms with Gasteiger partial charge in [0.25, 0.3) is 0 Å². The van der Waals surface area contributed by atoms with Crippen molar-refractivity contribution in [1.29, 1.82) is 0 Å². The minimum absolute atomic E-state index is 0.787. The first-order valence-electron chi connectivity index (χ1n) is 2.52. The second-order valence-electron chi connectivity index (χ2n) is 1.76. The molecule has 0 radical (unpaired) electrons. The van der Waals surface area contributed by atoms with Crippen LogP contribution in [0.5, 0.6) is 0 Å². The first kappa shape index (κ1) is 8.80. The van der Waals surface area contributed by atoms with Crippen LogP contribution in [0.2, 0.25) is 0 Å². The molecule has 1 rings (SSSR count). The number of nitrogens with two attached hydrogens (primary N) is 1. The van der Waals surface area contributed by atoms with Crippen LogP contribution in [-0.4, -0.2) is 0 Å². The molecule has 0 unspecified atom stereocenters. The van der Waals surface area contributed by atoms with E-state index in [0.29, 0.717) is 0 Å². The predicted molar refractivity (Wildman–Crippen MR) is 59.0 cm³/mol. The highest BCUT2D eigenvalue weighted by Crippen LogP contribution is 2.31. The Morgan fingerprint density at radius 1 is 1.30 bits per heavy atom. The van der Waals surface area contributed by atoms with Crippen LogP contribution in [-0.2, 0) is 0 Å². The number of nitrogen functional groups attached to an aromatic ring is 1. The molecule has 2 N–H and O–H groups in total. The van der Waals surface area contributed by atoms with Crippen molar-refractivity contribution in [2.24, 2.45) is 0 Å². The Morgan fingerprint density at radius 2 is 1.90 bits per heavy atom. The Morgan fingerprint density at radius 3 is 2.40 bits per heavy atom. The maximum Gasteiger partial charge on any atom is 0.0605 e. The number of hydrogen-bond donors (Lipinski definition) is 1. The summed E-state index contributed by atoms with van der Waals surface area (Å²) in [6.07, 6.45) is 0. The molecule has 1 nitrogen and oxygen atoms in total. The lowest BCUT2D eigenvalue weighted by molar-refractivity contribution is 1.54. The van der Waals surface area contributed by atoms with Crippen LogP contribution in [0.4, 0.5) is 5.69 Å². The SMILES string of the molecule is Nc1c(I)ccc(Br)c1Br. The lowest BCUT2D eigenvalue weighted by Gasteiger charge is -2.01. The van der Waals surface area contributed by atoms with Crippen LogP contribution in [0.15, 0.2) is 21.1 Å². The summed E-state index contributed by atoms with van der Waals surface area (Å²) in [5.41, 5.74) is 6.49. The molecule has 0 aromatic heterocycles. The average molecular weight is 377 g/mol. The molecule has 0 saturated carbocycles. The van der Waals surface area contributed by atoms with Crippen molar-refractivity contribution < 1.29 is 0 Å². The van der Waals surface area contributed by atoms with E-state index in [1.807, 2.05) is 12.1 Å². The van der Waals surface area contributed by atoms with Crippen molar-refractivity contribution in [1.82, 2.24) is 0 Å². The van der Waals surface area contributed by atoms with E-state index < -0.39 is 0 Å². The van der Waals surface area contributed by atoms with E-state index in [1.54, 1.807) is 0 Å². The fourth-order valence-corrected chi connectivity index (χ4v) is 2.05.